The van der Waals surface area contributed by atoms with E-state index in [0.717, 1.165) is 29.5 Å². The fraction of sp³-hybridized carbons (Fsp3) is 0.524. The van der Waals surface area contributed by atoms with E-state index in [2.05, 4.69) is 52.9 Å². The van der Waals surface area contributed by atoms with Crippen molar-refractivity contribution in [3.63, 3.8) is 0 Å². The van der Waals surface area contributed by atoms with E-state index in [1.807, 2.05) is 42.5 Å². The van der Waals surface area contributed by atoms with E-state index in [-0.39, 0.29) is 4.75 Å². The molecular weight excluding hydrogens is 340 g/mol. The van der Waals surface area contributed by atoms with Crippen LogP contribution in [-0.4, -0.2) is 27.3 Å². The summed E-state index contributed by atoms with van der Waals surface area (Å²) in [5.41, 5.74) is 2.02. The zero-order valence-corrected chi connectivity index (χ0v) is 16.9. The van der Waals surface area contributed by atoms with Crippen LogP contribution in [0.25, 0.3) is 11.3 Å². The normalized spacial score (nSPS) is 20.7. The second-order valence-electron chi connectivity index (χ2n) is 8.08. The van der Waals surface area contributed by atoms with Gasteiger partial charge in [-0.3, -0.25) is 9.71 Å². The lowest BCUT2D eigenvalue weighted by Gasteiger charge is -2.31. The lowest BCUT2D eigenvalue weighted by atomic mass is 9.86. The summed E-state index contributed by atoms with van der Waals surface area (Å²) >= 11 is 1.87. The van der Waals surface area contributed by atoms with E-state index >= 15 is 0 Å². The molecule has 0 atom stereocenters. The van der Waals surface area contributed by atoms with E-state index in [0.29, 0.717) is 6.04 Å². The van der Waals surface area contributed by atoms with Crippen molar-refractivity contribution in [3.8, 4) is 11.3 Å². The summed E-state index contributed by atoms with van der Waals surface area (Å²) in [6.07, 6.45) is 8.75. The van der Waals surface area contributed by atoms with E-state index in [9.17, 15) is 0 Å². The number of rotatable bonds is 6. The lowest BCUT2D eigenvalue weighted by Crippen LogP contribution is -2.33. The van der Waals surface area contributed by atoms with Crippen molar-refractivity contribution in [2.45, 2.75) is 57.2 Å². The third-order valence-electron chi connectivity index (χ3n) is 4.67. The van der Waals surface area contributed by atoms with Crippen LogP contribution in [0.1, 0.15) is 46.5 Å². The maximum atomic E-state index is 4.53. The molecule has 26 heavy (non-hydrogen) atoms. The molecule has 2 aromatic rings. The molecule has 5 heteroatoms. The molecule has 1 aliphatic rings. The molecule has 0 radical (unpaired) electrons. The highest BCUT2D eigenvalue weighted by atomic mass is 32.2. The van der Waals surface area contributed by atoms with E-state index in [4.69, 9.17) is 0 Å². The van der Waals surface area contributed by atoms with Crippen LogP contribution in [0.4, 0.5) is 5.82 Å². The Morgan fingerprint density at radius 1 is 1.00 bits per heavy atom. The largest absolute Gasteiger partial charge is 0.369 e. The molecule has 2 N–H and O–H groups in total. The van der Waals surface area contributed by atoms with Crippen LogP contribution in [0.2, 0.25) is 0 Å². The number of benzene rings is 1. The maximum absolute atomic E-state index is 4.53. The summed E-state index contributed by atoms with van der Waals surface area (Å²) in [6, 6.07) is 10.8. The van der Waals surface area contributed by atoms with Gasteiger partial charge in [0.1, 0.15) is 5.82 Å². The quantitative estimate of drug-likeness (QED) is 0.689. The second kappa shape index (κ2) is 8.87. The Kier molecular flexibility index (Phi) is 6.54. The summed E-state index contributed by atoms with van der Waals surface area (Å²) in [4.78, 5) is 9.06. The lowest BCUT2D eigenvalue weighted by molar-refractivity contribution is 0.328. The molecule has 1 heterocycles. The third-order valence-corrected chi connectivity index (χ3v) is 5.74. The Hall–Kier alpha value is -1.59. The molecule has 1 saturated carbocycles. The first-order valence-corrected chi connectivity index (χ1v) is 10.4. The van der Waals surface area contributed by atoms with Crippen LogP contribution in [0, 0.1) is 5.92 Å². The van der Waals surface area contributed by atoms with Gasteiger partial charge in [-0.05, 0) is 52.4 Å². The Labute approximate surface area is 161 Å². The van der Waals surface area contributed by atoms with Gasteiger partial charge in [-0.15, -0.1) is 0 Å². The van der Waals surface area contributed by atoms with Crippen LogP contribution < -0.4 is 10.0 Å². The Bertz CT molecular complexity index is 659. The molecular formula is C21H30N4S. The van der Waals surface area contributed by atoms with E-state index < -0.39 is 0 Å². The molecule has 1 fully saturated rings. The number of nitrogens with zero attached hydrogens (tertiary/aromatic N) is 2. The minimum absolute atomic E-state index is 0.281. The molecule has 4 nitrogen and oxygen atoms in total. The fourth-order valence-electron chi connectivity index (χ4n) is 3.17. The van der Waals surface area contributed by atoms with Gasteiger partial charge in [0, 0.05) is 22.9 Å². The fourth-order valence-corrected chi connectivity index (χ4v) is 3.93. The maximum Gasteiger partial charge on any atom is 0.144 e. The van der Waals surface area contributed by atoms with Gasteiger partial charge >= 0.3 is 0 Å². The topological polar surface area (TPSA) is 49.8 Å². The Balaban J connectivity index is 1.41. The van der Waals surface area contributed by atoms with Gasteiger partial charge in [0.15, 0.2) is 0 Å². The summed E-state index contributed by atoms with van der Waals surface area (Å²) in [5.74, 6) is 1.59. The molecule has 140 valence electrons. The van der Waals surface area contributed by atoms with Gasteiger partial charge in [-0.25, -0.2) is 4.98 Å². The van der Waals surface area contributed by atoms with Crippen LogP contribution in [0.15, 0.2) is 42.7 Å². The number of hydrogen-bond acceptors (Lipinski definition) is 5. The number of nitrogens with one attached hydrogen (secondary N) is 2. The van der Waals surface area contributed by atoms with Gasteiger partial charge < -0.3 is 5.32 Å². The molecule has 1 aliphatic carbocycles. The average molecular weight is 371 g/mol. The Morgan fingerprint density at radius 2 is 1.73 bits per heavy atom. The van der Waals surface area contributed by atoms with Crippen molar-refractivity contribution in [3.05, 3.63) is 42.7 Å². The summed E-state index contributed by atoms with van der Waals surface area (Å²) < 4.78 is 3.93. The molecule has 0 unspecified atom stereocenters. The van der Waals surface area contributed by atoms with Gasteiger partial charge in [-0.1, -0.05) is 42.3 Å². The summed E-state index contributed by atoms with van der Waals surface area (Å²) in [7, 11) is 0. The molecule has 3 rings (SSSR count). The van der Waals surface area contributed by atoms with Crippen molar-refractivity contribution in [2.24, 2.45) is 5.92 Å². The van der Waals surface area contributed by atoms with Gasteiger partial charge in [0.25, 0.3) is 0 Å². The van der Waals surface area contributed by atoms with Crippen LogP contribution in [0.3, 0.4) is 0 Å². The smallest absolute Gasteiger partial charge is 0.144 e. The first-order valence-electron chi connectivity index (χ1n) is 9.54. The molecule has 1 aromatic carbocycles. The van der Waals surface area contributed by atoms with Crippen molar-refractivity contribution in [1.82, 2.24) is 14.7 Å². The summed E-state index contributed by atoms with van der Waals surface area (Å²) in [6.45, 7) is 7.75. The summed E-state index contributed by atoms with van der Waals surface area (Å²) in [5, 5.41) is 3.46. The second-order valence-corrected chi connectivity index (χ2v) is 9.75. The SMILES string of the molecule is CC(C)(C)SNC1CCC(CNc2cnc(-c3ccccc3)cn2)CC1. The molecule has 0 bridgehead atoms. The van der Waals surface area contributed by atoms with Crippen molar-refractivity contribution in [1.29, 1.82) is 0 Å². The minimum atomic E-state index is 0.281. The van der Waals surface area contributed by atoms with Crippen LogP contribution in [0.5, 0.6) is 0 Å². The average Bonchev–Trinajstić information content (AvgIpc) is 2.66. The highest BCUT2D eigenvalue weighted by Crippen LogP contribution is 2.28. The highest BCUT2D eigenvalue weighted by molar-refractivity contribution is 7.98. The number of anilines is 1. The number of aromatic nitrogens is 2. The third kappa shape index (κ3) is 5.99. The molecule has 0 aliphatic heterocycles. The Morgan fingerprint density at radius 3 is 2.35 bits per heavy atom. The first-order chi connectivity index (χ1) is 12.5. The predicted molar refractivity (Wildman–Crippen MR) is 112 cm³/mol. The first kappa shape index (κ1) is 19.2. The molecule has 0 amide bonds. The molecule has 1 aromatic heterocycles. The van der Waals surface area contributed by atoms with Crippen molar-refractivity contribution < 1.29 is 0 Å². The van der Waals surface area contributed by atoms with E-state index in [1.54, 1.807) is 0 Å². The van der Waals surface area contributed by atoms with Crippen molar-refractivity contribution >= 4 is 17.8 Å². The zero-order valence-electron chi connectivity index (χ0n) is 16.0. The molecule has 0 spiro atoms. The van der Waals surface area contributed by atoms with Crippen LogP contribution in [-0.2, 0) is 0 Å². The van der Waals surface area contributed by atoms with Gasteiger partial charge in [0.2, 0.25) is 0 Å². The zero-order chi connectivity index (χ0) is 18.4. The van der Waals surface area contributed by atoms with Crippen LogP contribution >= 0.6 is 11.9 Å². The highest BCUT2D eigenvalue weighted by Gasteiger charge is 2.22. The number of hydrogen-bond donors (Lipinski definition) is 2. The molecule has 0 saturated heterocycles. The van der Waals surface area contributed by atoms with Gasteiger partial charge in [0.05, 0.1) is 18.1 Å². The van der Waals surface area contributed by atoms with Gasteiger partial charge in [-0.2, -0.15) is 0 Å². The predicted octanol–water partition coefficient (Wildman–Crippen LogP) is 5.15. The van der Waals surface area contributed by atoms with Crippen molar-refractivity contribution in [2.75, 3.05) is 11.9 Å². The standard InChI is InChI=1S/C21H30N4S/c1-21(2,3)26-25-18-11-9-16(10-12-18)13-23-20-15-22-19(14-24-20)17-7-5-4-6-8-17/h4-8,14-16,18,25H,9-13H2,1-3H3,(H,23,24). The monoisotopic (exact) mass is 370 g/mol. The minimum Gasteiger partial charge on any atom is -0.369 e. The van der Waals surface area contributed by atoms with E-state index in [1.165, 1.54) is 25.7 Å².